The van der Waals surface area contributed by atoms with Gasteiger partial charge >= 0.3 is 0 Å². The minimum absolute atomic E-state index is 0.143. The number of unbranched alkanes of at least 4 members (excludes halogenated alkanes) is 1. The van der Waals surface area contributed by atoms with Crippen LogP contribution in [-0.4, -0.2) is 18.5 Å². The zero-order valence-corrected chi connectivity index (χ0v) is 9.13. The van der Waals surface area contributed by atoms with E-state index >= 15 is 0 Å². The Hall–Kier alpha value is -1.08. The molecule has 0 bridgehead atoms. The van der Waals surface area contributed by atoms with Gasteiger partial charge in [-0.05, 0) is 11.8 Å². The van der Waals surface area contributed by atoms with E-state index in [2.05, 4.69) is 5.32 Å². The van der Waals surface area contributed by atoms with Crippen molar-refractivity contribution in [2.45, 2.75) is 39.7 Å². The second kappa shape index (κ2) is 5.61. The lowest BCUT2D eigenvalue weighted by atomic mass is 9.87. The van der Waals surface area contributed by atoms with Gasteiger partial charge in [0.05, 0.1) is 12.1 Å². The molecule has 0 heterocycles. The van der Waals surface area contributed by atoms with Gasteiger partial charge in [0.25, 0.3) is 0 Å². The van der Waals surface area contributed by atoms with E-state index in [1.54, 1.807) is 0 Å². The highest BCUT2D eigenvalue weighted by atomic mass is 16.2. The summed E-state index contributed by atoms with van der Waals surface area (Å²) in [5.74, 6) is -0.143. The molecule has 0 saturated heterocycles. The number of hydrogen-bond donors (Lipinski definition) is 2. The fourth-order valence-electron chi connectivity index (χ4n) is 0.882. The minimum atomic E-state index is -0.496. The lowest BCUT2D eigenvalue weighted by Crippen LogP contribution is -2.48. The largest absolute Gasteiger partial charge is 0.355 e. The van der Waals surface area contributed by atoms with Crippen LogP contribution in [0.3, 0.4) is 0 Å². The zero-order chi connectivity index (χ0) is 11.2. The van der Waals surface area contributed by atoms with Crippen molar-refractivity contribution in [1.29, 1.82) is 5.26 Å². The van der Waals surface area contributed by atoms with Crippen LogP contribution in [0.15, 0.2) is 0 Å². The van der Waals surface area contributed by atoms with Crippen LogP contribution in [0.25, 0.3) is 0 Å². The molecule has 3 N–H and O–H groups in total. The lowest BCUT2D eigenvalue weighted by Gasteiger charge is -2.25. The molecule has 0 aliphatic rings. The monoisotopic (exact) mass is 197 g/mol. The van der Waals surface area contributed by atoms with Crippen molar-refractivity contribution in [3.05, 3.63) is 0 Å². The molecular weight excluding hydrogens is 178 g/mol. The first-order valence-electron chi connectivity index (χ1n) is 4.80. The Labute approximate surface area is 85.5 Å². The van der Waals surface area contributed by atoms with Crippen LogP contribution in [0.1, 0.15) is 33.6 Å². The summed E-state index contributed by atoms with van der Waals surface area (Å²) in [4.78, 5) is 11.4. The van der Waals surface area contributed by atoms with Crippen molar-refractivity contribution >= 4 is 5.91 Å². The molecule has 0 spiro atoms. The summed E-state index contributed by atoms with van der Waals surface area (Å²) in [6, 6.07) is 1.52. The van der Waals surface area contributed by atoms with Crippen molar-refractivity contribution in [1.82, 2.24) is 5.32 Å². The average Bonchev–Trinajstić information content (AvgIpc) is 2.09. The third kappa shape index (κ3) is 4.83. The fourth-order valence-corrected chi connectivity index (χ4v) is 0.882. The van der Waals surface area contributed by atoms with Crippen LogP contribution < -0.4 is 11.1 Å². The number of carbonyl (C=O) groups excluding carboxylic acids is 1. The van der Waals surface area contributed by atoms with Crippen molar-refractivity contribution < 1.29 is 4.79 Å². The first kappa shape index (κ1) is 12.9. The Balaban J connectivity index is 3.81. The smallest absolute Gasteiger partial charge is 0.237 e. The summed E-state index contributed by atoms with van der Waals surface area (Å²) in [5, 5.41) is 11.0. The molecule has 0 aliphatic heterocycles. The van der Waals surface area contributed by atoms with Crippen molar-refractivity contribution in [3.8, 4) is 6.07 Å². The van der Waals surface area contributed by atoms with E-state index in [1.807, 2.05) is 26.8 Å². The molecule has 0 saturated carbocycles. The highest BCUT2D eigenvalue weighted by Crippen LogP contribution is 2.16. The van der Waals surface area contributed by atoms with Crippen molar-refractivity contribution in [2.24, 2.45) is 11.1 Å². The summed E-state index contributed by atoms with van der Waals surface area (Å²) in [5.41, 5.74) is 5.51. The molecule has 0 aliphatic carbocycles. The average molecular weight is 197 g/mol. The maximum Gasteiger partial charge on any atom is 0.237 e. The lowest BCUT2D eigenvalue weighted by molar-refractivity contribution is -0.124. The van der Waals surface area contributed by atoms with E-state index in [0.717, 1.165) is 0 Å². The van der Waals surface area contributed by atoms with Crippen molar-refractivity contribution in [3.63, 3.8) is 0 Å². The summed E-state index contributed by atoms with van der Waals surface area (Å²) in [6.45, 7) is 6.29. The van der Waals surface area contributed by atoms with Gasteiger partial charge in [-0.3, -0.25) is 4.79 Å². The summed E-state index contributed by atoms with van der Waals surface area (Å²) in [7, 11) is 0. The van der Waals surface area contributed by atoms with Gasteiger partial charge in [0, 0.05) is 13.0 Å². The first-order valence-corrected chi connectivity index (χ1v) is 4.80. The van der Waals surface area contributed by atoms with E-state index in [0.29, 0.717) is 19.4 Å². The molecule has 0 aromatic heterocycles. The maximum absolute atomic E-state index is 11.4. The molecular formula is C10H19N3O. The molecule has 0 aromatic rings. The van der Waals surface area contributed by atoms with Gasteiger partial charge in [-0.1, -0.05) is 20.8 Å². The van der Waals surface area contributed by atoms with Gasteiger partial charge in [0.1, 0.15) is 0 Å². The third-order valence-corrected chi connectivity index (χ3v) is 1.98. The maximum atomic E-state index is 11.4. The van der Waals surface area contributed by atoms with Crippen LogP contribution in [0.2, 0.25) is 0 Å². The molecule has 0 rings (SSSR count). The standard InChI is InChI=1S/C10H19N3O/c1-10(2,3)8(12)9(14)13-7-5-4-6-11/h8H,4-5,7,12H2,1-3H3,(H,13,14). The normalized spacial score (nSPS) is 13.1. The van der Waals surface area contributed by atoms with Crippen LogP contribution in [0.5, 0.6) is 0 Å². The van der Waals surface area contributed by atoms with Gasteiger partial charge in [0.15, 0.2) is 0 Å². The molecule has 1 atom stereocenters. The predicted octanol–water partition coefficient (Wildman–Crippen LogP) is 0.780. The van der Waals surface area contributed by atoms with Gasteiger partial charge in [-0.15, -0.1) is 0 Å². The topological polar surface area (TPSA) is 78.9 Å². The number of nitriles is 1. The molecule has 0 radical (unpaired) electrons. The SMILES string of the molecule is CC(C)(C)C(N)C(=O)NCCCC#N. The Morgan fingerprint density at radius 1 is 1.57 bits per heavy atom. The first-order chi connectivity index (χ1) is 6.39. The molecule has 4 nitrogen and oxygen atoms in total. The van der Waals surface area contributed by atoms with E-state index < -0.39 is 6.04 Å². The highest BCUT2D eigenvalue weighted by molar-refractivity contribution is 5.82. The molecule has 0 fully saturated rings. The number of amides is 1. The second-order valence-corrected chi connectivity index (χ2v) is 4.40. The number of carbonyl (C=O) groups is 1. The van der Waals surface area contributed by atoms with Crippen molar-refractivity contribution in [2.75, 3.05) is 6.54 Å². The Morgan fingerprint density at radius 3 is 2.57 bits per heavy atom. The quantitative estimate of drug-likeness (QED) is 0.654. The van der Waals surface area contributed by atoms with Gasteiger partial charge < -0.3 is 11.1 Å². The Kier molecular flexibility index (Phi) is 5.18. The molecule has 14 heavy (non-hydrogen) atoms. The van der Waals surface area contributed by atoms with E-state index in [1.165, 1.54) is 0 Å². The zero-order valence-electron chi connectivity index (χ0n) is 9.13. The minimum Gasteiger partial charge on any atom is -0.355 e. The summed E-state index contributed by atoms with van der Waals surface area (Å²) >= 11 is 0. The fraction of sp³-hybridized carbons (Fsp3) is 0.800. The molecule has 0 aromatic carbocycles. The van der Waals surface area contributed by atoms with E-state index in [-0.39, 0.29) is 11.3 Å². The van der Waals surface area contributed by atoms with Crippen LogP contribution >= 0.6 is 0 Å². The van der Waals surface area contributed by atoms with Crippen LogP contribution in [0, 0.1) is 16.7 Å². The number of nitrogens with two attached hydrogens (primary N) is 1. The number of nitrogens with zero attached hydrogens (tertiary/aromatic N) is 1. The molecule has 1 unspecified atom stereocenters. The predicted molar refractivity (Wildman–Crippen MR) is 55.3 cm³/mol. The van der Waals surface area contributed by atoms with Crippen LogP contribution in [0.4, 0.5) is 0 Å². The van der Waals surface area contributed by atoms with Gasteiger partial charge in [-0.2, -0.15) is 5.26 Å². The van der Waals surface area contributed by atoms with Crippen LogP contribution in [-0.2, 0) is 4.79 Å². The van der Waals surface area contributed by atoms with Gasteiger partial charge in [-0.25, -0.2) is 0 Å². The number of nitrogens with one attached hydrogen (secondary N) is 1. The van der Waals surface area contributed by atoms with Gasteiger partial charge in [0.2, 0.25) is 5.91 Å². The highest BCUT2D eigenvalue weighted by Gasteiger charge is 2.26. The second-order valence-electron chi connectivity index (χ2n) is 4.40. The number of rotatable bonds is 4. The van der Waals surface area contributed by atoms with E-state index in [4.69, 9.17) is 11.0 Å². The summed E-state index contributed by atoms with van der Waals surface area (Å²) in [6.07, 6.45) is 1.14. The Morgan fingerprint density at radius 2 is 2.14 bits per heavy atom. The molecule has 1 amide bonds. The van der Waals surface area contributed by atoms with E-state index in [9.17, 15) is 4.79 Å². The summed E-state index contributed by atoms with van der Waals surface area (Å²) < 4.78 is 0. The molecule has 4 heteroatoms. The number of hydrogen-bond acceptors (Lipinski definition) is 3. The third-order valence-electron chi connectivity index (χ3n) is 1.98. The Bertz CT molecular complexity index is 225. The molecule has 80 valence electrons.